The molecule has 3 rings (SSSR count). The fraction of sp³-hybridized carbons (Fsp3) is 0.350. The summed E-state index contributed by atoms with van der Waals surface area (Å²) in [7, 11) is 0. The molecule has 10 nitrogen and oxygen atoms in total. The van der Waals surface area contributed by atoms with E-state index in [-0.39, 0.29) is 46.1 Å². The lowest BCUT2D eigenvalue weighted by molar-refractivity contribution is 0.0847. The van der Waals surface area contributed by atoms with Crippen LogP contribution in [0.5, 0.6) is 0 Å². The van der Waals surface area contributed by atoms with Crippen molar-refractivity contribution in [2.75, 3.05) is 25.0 Å². The average molecular weight is 479 g/mol. The van der Waals surface area contributed by atoms with Crippen molar-refractivity contribution < 1.29 is 19.1 Å². The topological polar surface area (TPSA) is 140 Å². The van der Waals surface area contributed by atoms with E-state index in [1.807, 2.05) is 6.07 Å². The molecule has 2 aromatic rings. The summed E-state index contributed by atoms with van der Waals surface area (Å²) in [5.41, 5.74) is 0.291. The molecular formula is C20H20Cl2N6O4. The van der Waals surface area contributed by atoms with Gasteiger partial charge in [0.05, 0.1) is 33.8 Å². The molecule has 32 heavy (non-hydrogen) atoms. The molecule has 0 unspecified atom stereocenters. The number of nitrogens with one attached hydrogen (secondary N) is 3. The summed E-state index contributed by atoms with van der Waals surface area (Å²) in [4.78, 5) is 38.8. The van der Waals surface area contributed by atoms with Gasteiger partial charge in [0.1, 0.15) is 6.61 Å². The molecule has 3 N–H and O–H groups in total. The molecule has 0 spiro atoms. The van der Waals surface area contributed by atoms with E-state index in [0.717, 1.165) is 0 Å². The van der Waals surface area contributed by atoms with Gasteiger partial charge in [-0.2, -0.15) is 10.4 Å². The zero-order chi connectivity index (χ0) is 23.1. The second-order valence-electron chi connectivity index (χ2n) is 6.96. The molecule has 2 heterocycles. The van der Waals surface area contributed by atoms with Gasteiger partial charge < -0.3 is 20.3 Å². The number of carbonyl (C=O) groups is 3. The molecule has 1 aromatic carbocycles. The van der Waals surface area contributed by atoms with E-state index < -0.39 is 17.9 Å². The molecule has 1 aliphatic rings. The first kappa shape index (κ1) is 23.4. The molecular weight excluding hydrogens is 459 g/mol. The number of amides is 3. The first-order valence-corrected chi connectivity index (χ1v) is 10.5. The monoisotopic (exact) mass is 478 g/mol. The van der Waals surface area contributed by atoms with E-state index in [0.29, 0.717) is 25.9 Å². The van der Waals surface area contributed by atoms with Crippen LogP contribution < -0.4 is 10.6 Å². The van der Waals surface area contributed by atoms with Gasteiger partial charge in [0, 0.05) is 25.3 Å². The van der Waals surface area contributed by atoms with Crippen molar-refractivity contribution in [1.82, 2.24) is 20.4 Å². The number of nitrogens with zero attached hydrogens (tertiary/aromatic N) is 3. The lowest BCUT2D eigenvalue weighted by atomic mass is 10.1. The Bertz CT molecular complexity index is 1020. The van der Waals surface area contributed by atoms with E-state index in [2.05, 4.69) is 20.8 Å². The van der Waals surface area contributed by atoms with Gasteiger partial charge in [-0.05, 0) is 25.0 Å². The number of halogens is 2. The molecule has 3 amide bonds. The van der Waals surface area contributed by atoms with Crippen LogP contribution in [-0.4, -0.2) is 58.7 Å². The van der Waals surface area contributed by atoms with Gasteiger partial charge in [0.2, 0.25) is 0 Å². The fourth-order valence-corrected chi connectivity index (χ4v) is 3.76. The first-order chi connectivity index (χ1) is 15.4. The van der Waals surface area contributed by atoms with Crippen LogP contribution >= 0.6 is 23.2 Å². The third kappa shape index (κ3) is 5.69. The van der Waals surface area contributed by atoms with E-state index >= 15 is 0 Å². The third-order valence-electron chi connectivity index (χ3n) is 4.82. The van der Waals surface area contributed by atoms with Crippen LogP contribution in [-0.2, 0) is 4.74 Å². The molecule has 1 aliphatic heterocycles. The van der Waals surface area contributed by atoms with Crippen LogP contribution in [0.3, 0.4) is 0 Å². The third-order valence-corrected chi connectivity index (χ3v) is 5.45. The van der Waals surface area contributed by atoms with Gasteiger partial charge >= 0.3 is 6.09 Å². The Morgan fingerprint density at radius 2 is 1.91 bits per heavy atom. The zero-order valence-electron chi connectivity index (χ0n) is 16.9. The molecule has 1 saturated heterocycles. The minimum absolute atomic E-state index is 0.0138. The SMILES string of the molecule is N#CCCOC(=O)N1CCC(NC(=O)c2n[nH]cc2NC(=O)c2c(Cl)cccc2Cl)CC1. The van der Waals surface area contributed by atoms with Crippen LogP contribution in [0.25, 0.3) is 0 Å². The normalized spacial score (nSPS) is 13.8. The number of ether oxygens (including phenoxy) is 1. The van der Waals surface area contributed by atoms with Crippen LogP contribution in [0.15, 0.2) is 24.4 Å². The summed E-state index contributed by atoms with van der Waals surface area (Å²) in [6.07, 6.45) is 2.11. The summed E-state index contributed by atoms with van der Waals surface area (Å²) < 4.78 is 5.01. The number of benzene rings is 1. The number of nitriles is 1. The fourth-order valence-electron chi connectivity index (χ4n) is 3.19. The molecule has 1 aromatic heterocycles. The van der Waals surface area contributed by atoms with Crippen LogP contribution in [0.1, 0.15) is 40.1 Å². The molecule has 0 radical (unpaired) electrons. The Hall–Kier alpha value is -3.29. The number of rotatable bonds is 6. The Labute approximate surface area is 193 Å². The lowest BCUT2D eigenvalue weighted by Crippen LogP contribution is -2.46. The average Bonchev–Trinajstić information content (AvgIpc) is 3.22. The molecule has 12 heteroatoms. The van der Waals surface area contributed by atoms with Gasteiger partial charge in [-0.3, -0.25) is 14.7 Å². The minimum atomic E-state index is -0.570. The Balaban J connectivity index is 1.55. The highest BCUT2D eigenvalue weighted by molar-refractivity contribution is 6.40. The molecule has 0 atom stereocenters. The number of carbonyl (C=O) groups excluding carboxylic acids is 3. The maximum atomic E-state index is 12.7. The van der Waals surface area contributed by atoms with E-state index in [1.165, 1.54) is 23.2 Å². The van der Waals surface area contributed by atoms with Crippen molar-refractivity contribution in [1.29, 1.82) is 5.26 Å². The largest absolute Gasteiger partial charge is 0.448 e. The van der Waals surface area contributed by atoms with Crippen molar-refractivity contribution >= 4 is 46.8 Å². The summed E-state index contributed by atoms with van der Waals surface area (Å²) in [6.45, 7) is 0.871. The number of H-pyrrole nitrogens is 1. The summed E-state index contributed by atoms with van der Waals surface area (Å²) in [5.74, 6) is -1.04. The predicted octanol–water partition coefficient (Wildman–Crippen LogP) is 3.21. The summed E-state index contributed by atoms with van der Waals surface area (Å²) in [6, 6.07) is 6.43. The van der Waals surface area contributed by atoms with Crippen molar-refractivity contribution in [3.8, 4) is 6.07 Å². The molecule has 0 aliphatic carbocycles. The van der Waals surface area contributed by atoms with Crippen molar-refractivity contribution in [2.45, 2.75) is 25.3 Å². The Kier molecular flexibility index (Phi) is 7.92. The Morgan fingerprint density at radius 1 is 1.22 bits per heavy atom. The molecule has 0 saturated carbocycles. The Morgan fingerprint density at radius 3 is 2.56 bits per heavy atom. The lowest BCUT2D eigenvalue weighted by Gasteiger charge is -2.31. The smallest absolute Gasteiger partial charge is 0.409 e. The summed E-state index contributed by atoms with van der Waals surface area (Å²) in [5, 5.41) is 20.8. The van der Waals surface area contributed by atoms with Gasteiger partial charge in [-0.1, -0.05) is 29.3 Å². The van der Waals surface area contributed by atoms with Crippen molar-refractivity contribution in [3.63, 3.8) is 0 Å². The maximum absolute atomic E-state index is 12.7. The molecule has 168 valence electrons. The van der Waals surface area contributed by atoms with E-state index in [4.69, 9.17) is 33.2 Å². The van der Waals surface area contributed by atoms with Crippen LogP contribution in [0.2, 0.25) is 10.0 Å². The van der Waals surface area contributed by atoms with Crippen LogP contribution in [0.4, 0.5) is 10.5 Å². The highest BCUT2D eigenvalue weighted by Gasteiger charge is 2.27. The van der Waals surface area contributed by atoms with Gasteiger partial charge in [-0.15, -0.1) is 0 Å². The summed E-state index contributed by atoms with van der Waals surface area (Å²) >= 11 is 12.1. The van der Waals surface area contributed by atoms with E-state index in [1.54, 1.807) is 6.07 Å². The number of aromatic amines is 1. The van der Waals surface area contributed by atoms with Crippen molar-refractivity contribution in [3.05, 3.63) is 45.7 Å². The van der Waals surface area contributed by atoms with Gasteiger partial charge in [0.15, 0.2) is 5.69 Å². The highest BCUT2D eigenvalue weighted by Crippen LogP contribution is 2.26. The van der Waals surface area contributed by atoms with Gasteiger partial charge in [0.25, 0.3) is 11.8 Å². The minimum Gasteiger partial charge on any atom is -0.448 e. The molecule has 1 fully saturated rings. The predicted molar refractivity (Wildman–Crippen MR) is 117 cm³/mol. The van der Waals surface area contributed by atoms with Crippen LogP contribution in [0, 0.1) is 11.3 Å². The van der Waals surface area contributed by atoms with Gasteiger partial charge in [-0.25, -0.2) is 4.79 Å². The number of anilines is 1. The number of piperidine rings is 1. The zero-order valence-corrected chi connectivity index (χ0v) is 18.4. The second kappa shape index (κ2) is 10.8. The first-order valence-electron chi connectivity index (χ1n) is 9.79. The second-order valence-corrected chi connectivity index (χ2v) is 7.77. The quantitative estimate of drug-likeness (QED) is 0.544. The number of likely N-dealkylation sites (tertiary alicyclic amines) is 1. The highest BCUT2D eigenvalue weighted by atomic mass is 35.5. The standard InChI is InChI=1S/C20H20Cl2N6O4/c21-13-3-1-4-14(22)16(13)18(29)26-15-11-24-27-17(15)19(30)25-12-5-8-28(9-6-12)20(31)32-10-2-7-23/h1,3-4,11-12H,2,5-6,8-10H2,(H,24,27)(H,25,30)(H,26,29). The molecule has 0 bridgehead atoms. The van der Waals surface area contributed by atoms with Crippen molar-refractivity contribution in [2.24, 2.45) is 0 Å². The number of hydrogen-bond donors (Lipinski definition) is 3. The van der Waals surface area contributed by atoms with E-state index in [9.17, 15) is 14.4 Å². The maximum Gasteiger partial charge on any atom is 0.409 e. The number of hydrogen-bond acceptors (Lipinski definition) is 6. The number of aromatic nitrogens is 2.